The summed E-state index contributed by atoms with van der Waals surface area (Å²) in [7, 11) is 0. The summed E-state index contributed by atoms with van der Waals surface area (Å²) >= 11 is 5.93. The topological polar surface area (TPSA) is 21.1 Å². The van der Waals surface area contributed by atoms with Crippen LogP contribution in [-0.2, 0) is 13.0 Å². The Morgan fingerprint density at radius 1 is 1.13 bits per heavy atom. The number of imidazole rings is 1. The van der Waals surface area contributed by atoms with Gasteiger partial charge in [0.2, 0.25) is 0 Å². The number of fused-ring (bicyclic) bond motifs is 1. The van der Waals surface area contributed by atoms with Gasteiger partial charge in [0.15, 0.2) is 0 Å². The number of halogens is 1. The number of hydrogen-bond donors (Lipinski definition) is 0. The fourth-order valence-corrected chi connectivity index (χ4v) is 2.95. The highest BCUT2D eigenvalue weighted by molar-refractivity contribution is 6.30. The van der Waals surface area contributed by atoms with Crippen LogP contribution in [0.5, 0.6) is 0 Å². The second-order valence-corrected chi connectivity index (χ2v) is 5.99. The molecule has 0 N–H and O–H groups in total. The van der Waals surface area contributed by atoms with Crippen molar-refractivity contribution < 1.29 is 8.22 Å². The van der Waals surface area contributed by atoms with Gasteiger partial charge in [-0.05, 0) is 55.7 Å². The monoisotopic (exact) mass is 331 g/mol. The number of rotatable bonds is 4. The van der Waals surface area contributed by atoms with Crippen molar-refractivity contribution in [2.75, 3.05) is 13.1 Å². The van der Waals surface area contributed by atoms with E-state index in [4.69, 9.17) is 19.8 Å². The van der Waals surface area contributed by atoms with Crippen LogP contribution in [0.4, 0.5) is 0 Å². The van der Waals surface area contributed by atoms with Crippen molar-refractivity contribution in [1.29, 1.82) is 0 Å². The zero-order valence-electron chi connectivity index (χ0n) is 18.6. The Bertz CT molecular complexity index is 1060. The molecule has 2 heterocycles. The molecule has 118 valence electrons. The molecule has 0 aliphatic carbocycles. The van der Waals surface area contributed by atoms with Gasteiger partial charge in [-0.25, -0.2) is 4.98 Å². The van der Waals surface area contributed by atoms with E-state index in [1.54, 1.807) is 15.5 Å². The molecule has 0 bridgehead atoms. The Labute approximate surface area is 149 Å². The normalized spacial score (nSPS) is 19.9. The van der Waals surface area contributed by atoms with E-state index in [0.717, 1.165) is 12.8 Å². The summed E-state index contributed by atoms with van der Waals surface area (Å²) in [5, 5.41) is -0.216. The lowest BCUT2D eigenvalue weighted by Gasteiger charge is -2.16. The van der Waals surface area contributed by atoms with Crippen molar-refractivity contribution in [1.82, 2.24) is 14.5 Å². The van der Waals surface area contributed by atoms with Gasteiger partial charge in [0.1, 0.15) is 5.82 Å². The maximum atomic E-state index is 8.75. The van der Waals surface area contributed by atoms with E-state index in [-0.39, 0.29) is 47.1 Å². The van der Waals surface area contributed by atoms with Crippen LogP contribution < -0.4 is 0 Å². The summed E-state index contributed by atoms with van der Waals surface area (Å²) < 4.78 is 51.7. The van der Waals surface area contributed by atoms with Crippen molar-refractivity contribution >= 4 is 22.6 Å². The highest BCUT2D eigenvalue weighted by Crippen LogP contribution is 2.21. The van der Waals surface area contributed by atoms with E-state index in [0.29, 0.717) is 24.1 Å². The molecule has 4 rings (SSSR count). The Balaban J connectivity index is 1.91. The smallest absolute Gasteiger partial charge is 0.124 e. The van der Waals surface area contributed by atoms with Crippen molar-refractivity contribution in [3.8, 4) is 0 Å². The third-order valence-electron chi connectivity index (χ3n) is 3.98. The Morgan fingerprint density at radius 2 is 1.87 bits per heavy atom. The number of aromatic nitrogens is 2. The van der Waals surface area contributed by atoms with E-state index in [1.807, 2.05) is 18.2 Å². The molecule has 23 heavy (non-hydrogen) atoms. The van der Waals surface area contributed by atoms with Crippen LogP contribution in [0.25, 0.3) is 11.0 Å². The number of likely N-dealkylation sites (tertiary alicyclic amines) is 1. The third kappa shape index (κ3) is 3.12. The lowest BCUT2D eigenvalue weighted by atomic mass is 10.2. The van der Waals surface area contributed by atoms with Crippen molar-refractivity contribution in [3.63, 3.8) is 0 Å². The minimum absolute atomic E-state index is 0.0320. The molecule has 1 saturated heterocycles. The summed E-state index contributed by atoms with van der Waals surface area (Å²) in [6, 6.07) is 6.24. The van der Waals surface area contributed by atoms with Gasteiger partial charge in [0.05, 0.1) is 25.8 Å². The van der Waals surface area contributed by atoms with Crippen LogP contribution in [0.1, 0.15) is 32.5 Å². The zero-order chi connectivity index (χ0) is 20.9. The second kappa shape index (κ2) is 6.34. The van der Waals surface area contributed by atoms with Gasteiger partial charge >= 0.3 is 0 Å². The summed E-state index contributed by atoms with van der Waals surface area (Å²) in [5.41, 5.74) is 1.46. The van der Waals surface area contributed by atoms with Gasteiger partial charge in [0.25, 0.3) is 0 Å². The first-order valence-corrected chi connectivity index (χ1v) is 8.06. The average molecular weight is 332 g/mol. The van der Waals surface area contributed by atoms with Crippen LogP contribution in [0, 0.1) is 0 Å². The van der Waals surface area contributed by atoms with Crippen LogP contribution in [-0.4, -0.2) is 27.5 Å². The van der Waals surface area contributed by atoms with Crippen LogP contribution in [0.2, 0.25) is 5.02 Å². The minimum Gasteiger partial charge on any atom is -0.322 e. The molecule has 4 heteroatoms. The van der Waals surface area contributed by atoms with E-state index in [9.17, 15) is 0 Å². The average Bonchev–Trinajstić information content (AvgIpc) is 3.37. The van der Waals surface area contributed by atoms with Crippen molar-refractivity contribution in [3.05, 3.63) is 64.8 Å². The summed E-state index contributed by atoms with van der Waals surface area (Å²) in [6.07, 6.45) is 1.85. The highest BCUT2D eigenvalue weighted by atomic mass is 35.5. The van der Waals surface area contributed by atoms with Crippen molar-refractivity contribution in [2.45, 2.75) is 25.9 Å². The Hall–Kier alpha value is -1.84. The Morgan fingerprint density at radius 3 is 2.65 bits per heavy atom. The molecule has 1 fully saturated rings. The molecule has 2 aromatic carbocycles. The number of nitrogens with zero attached hydrogens (tertiary/aromatic N) is 3. The standard InChI is InChI=1S/C19H20ClN3/c20-16-9-7-15(8-10-16)13-23-18-6-2-1-5-17(18)21-19(23)14-22-11-3-4-12-22/h1-2,5-10H,3-4,11-14H2/i7D,8D,9D,10D,14D2. The Kier molecular flexibility index (Phi) is 2.61. The third-order valence-corrected chi connectivity index (χ3v) is 4.17. The fourth-order valence-electron chi connectivity index (χ4n) is 2.85. The predicted octanol–water partition coefficient (Wildman–Crippen LogP) is 4.33. The summed E-state index contributed by atoms with van der Waals surface area (Å²) in [5.74, 6) is 0.201. The molecule has 0 saturated carbocycles. The molecule has 0 unspecified atom stereocenters. The quantitative estimate of drug-likeness (QED) is 0.709. The molecule has 3 aromatic rings. The summed E-state index contributed by atoms with van der Waals surface area (Å²) in [6.45, 7) is -0.577. The van der Waals surface area contributed by atoms with Crippen LogP contribution in [0.15, 0.2) is 48.4 Å². The lowest BCUT2D eigenvalue weighted by Crippen LogP contribution is -2.21. The lowest BCUT2D eigenvalue weighted by molar-refractivity contribution is 0.318. The highest BCUT2D eigenvalue weighted by Gasteiger charge is 2.17. The molecule has 3 nitrogen and oxygen atoms in total. The van der Waals surface area contributed by atoms with Gasteiger partial charge in [-0.15, -0.1) is 0 Å². The first kappa shape index (κ1) is 9.45. The molecule has 1 aromatic heterocycles. The van der Waals surface area contributed by atoms with E-state index < -0.39 is 6.50 Å². The molecule has 0 spiro atoms. The molecule has 1 aliphatic heterocycles. The molecule has 0 amide bonds. The van der Waals surface area contributed by atoms with Crippen LogP contribution >= 0.6 is 11.6 Å². The van der Waals surface area contributed by atoms with Gasteiger partial charge < -0.3 is 4.57 Å². The van der Waals surface area contributed by atoms with E-state index >= 15 is 0 Å². The second-order valence-electron chi connectivity index (χ2n) is 5.61. The van der Waals surface area contributed by atoms with E-state index in [1.165, 1.54) is 0 Å². The van der Waals surface area contributed by atoms with Crippen molar-refractivity contribution in [2.24, 2.45) is 0 Å². The van der Waals surface area contributed by atoms with Gasteiger partial charge in [0, 0.05) is 11.6 Å². The fraction of sp³-hybridized carbons (Fsp3) is 0.316. The predicted molar refractivity (Wildman–Crippen MR) is 94.8 cm³/mol. The first-order valence-electron chi connectivity index (χ1n) is 10.7. The van der Waals surface area contributed by atoms with Gasteiger partial charge in [-0.1, -0.05) is 35.8 Å². The maximum Gasteiger partial charge on any atom is 0.124 e. The summed E-state index contributed by atoms with van der Waals surface area (Å²) in [4.78, 5) is 6.30. The molecule has 1 aliphatic rings. The van der Waals surface area contributed by atoms with Crippen LogP contribution in [0.3, 0.4) is 0 Å². The molecular formula is C19H20ClN3. The van der Waals surface area contributed by atoms with Gasteiger partial charge in [-0.2, -0.15) is 0 Å². The molecule has 0 atom stereocenters. The molecular weight excluding hydrogens is 306 g/mol. The number of para-hydroxylation sites is 2. The van der Waals surface area contributed by atoms with E-state index in [2.05, 4.69) is 4.98 Å². The first-order chi connectivity index (χ1) is 13.7. The molecule has 0 radical (unpaired) electrons. The number of hydrogen-bond acceptors (Lipinski definition) is 2. The SMILES string of the molecule is [2H]c1c([2H])c(Cn2c(C([2H])([2H])N3CCCC3)nc3ccccc32)c([2H])c([2H])c1Cl. The van der Waals surface area contributed by atoms with Gasteiger partial charge in [-0.3, -0.25) is 4.90 Å². The zero-order valence-corrected chi connectivity index (χ0v) is 13.3. The maximum absolute atomic E-state index is 8.75. The minimum atomic E-state index is -1.82. The number of benzene rings is 2. The largest absolute Gasteiger partial charge is 0.322 e.